The van der Waals surface area contributed by atoms with Gasteiger partial charge in [-0.25, -0.2) is 4.68 Å². The summed E-state index contributed by atoms with van der Waals surface area (Å²) in [4.78, 5) is 0. The van der Waals surface area contributed by atoms with E-state index in [1.54, 1.807) is 25.0 Å². The Hall–Kier alpha value is -3.16. The smallest absolute Gasteiger partial charge is 0.416 e. The molecule has 5 nitrogen and oxygen atoms in total. The molecule has 0 bridgehead atoms. The molecular formula is C22H22F3N3O2. The first-order valence-corrected chi connectivity index (χ1v) is 9.69. The zero-order valence-electron chi connectivity index (χ0n) is 16.7. The summed E-state index contributed by atoms with van der Waals surface area (Å²) in [6, 6.07) is 10.6. The molecule has 0 amide bonds. The Morgan fingerprint density at radius 3 is 2.37 bits per heavy atom. The predicted molar refractivity (Wildman–Crippen MR) is 109 cm³/mol. The van der Waals surface area contributed by atoms with Crippen molar-refractivity contribution in [2.24, 2.45) is 0 Å². The van der Waals surface area contributed by atoms with Crippen LogP contribution in [-0.4, -0.2) is 30.5 Å². The molecule has 0 atom stereocenters. The number of anilines is 1. The van der Waals surface area contributed by atoms with Gasteiger partial charge in [0.05, 0.1) is 31.0 Å². The lowest BCUT2D eigenvalue weighted by Gasteiger charge is -2.12. The van der Waals surface area contributed by atoms with Crippen LogP contribution in [0, 0.1) is 0 Å². The fourth-order valence-corrected chi connectivity index (χ4v) is 3.79. The summed E-state index contributed by atoms with van der Waals surface area (Å²) in [5.41, 5.74) is 1.90. The standard InChI is InChI=1S/C22H22F3N3O2/c1-29-17-10-6-11-18(30-2)19(17)20-16-9-3-4-12-26-21(16)28(27-20)15-8-5-7-14(13-15)22(23,24)25/h5-8,10-11,13,26H,3-4,9,12H2,1-2H3. The minimum absolute atomic E-state index is 0.343. The SMILES string of the molecule is COc1cccc(OC)c1-c1nn(-c2cccc(C(F)(F)F)c2)c2c1CCCCN2. The van der Waals surface area contributed by atoms with E-state index in [0.717, 1.165) is 43.5 Å². The van der Waals surface area contributed by atoms with Crippen LogP contribution in [0.2, 0.25) is 0 Å². The lowest BCUT2D eigenvalue weighted by molar-refractivity contribution is -0.137. The summed E-state index contributed by atoms with van der Waals surface area (Å²) in [6.07, 6.45) is -1.78. The Bertz CT molecular complexity index is 1040. The van der Waals surface area contributed by atoms with E-state index in [-0.39, 0.29) is 0 Å². The minimum atomic E-state index is -4.43. The van der Waals surface area contributed by atoms with Gasteiger partial charge in [0.2, 0.25) is 0 Å². The third-order valence-electron chi connectivity index (χ3n) is 5.21. The number of halogens is 3. The molecule has 1 aromatic heterocycles. The number of fused-ring (bicyclic) bond motifs is 1. The molecule has 0 radical (unpaired) electrons. The number of methoxy groups -OCH3 is 2. The van der Waals surface area contributed by atoms with Gasteiger partial charge in [-0.15, -0.1) is 0 Å². The second-order valence-electron chi connectivity index (χ2n) is 7.06. The van der Waals surface area contributed by atoms with Crippen molar-refractivity contribution in [2.75, 3.05) is 26.1 Å². The van der Waals surface area contributed by atoms with Gasteiger partial charge in [0, 0.05) is 12.1 Å². The topological polar surface area (TPSA) is 48.3 Å². The van der Waals surface area contributed by atoms with Gasteiger partial charge < -0.3 is 14.8 Å². The highest BCUT2D eigenvalue weighted by atomic mass is 19.4. The molecule has 0 saturated heterocycles. The van der Waals surface area contributed by atoms with E-state index in [0.29, 0.717) is 34.3 Å². The van der Waals surface area contributed by atoms with Crippen molar-refractivity contribution < 1.29 is 22.6 Å². The fraction of sp³-hybridized carbons (Fsp3) is 0.318. The molecular weight excluding hydrogens is 395 g/mol. The molecule has 1 N–H and O–H groups in total. The maximum atomic E-state index is 13.3. The number of alkyl halides is 3. The van der Waals surface area contributed by atoms with E-state index < -0.39 is 11.7 Å². The summed E-state index contributed by atoms with van der Waals surface area (Å²) in [5, 5.41) is 8.09. The fourth-order valence-electron chi connectivity index (χ4n) is 3.79. The highest BCUT2D eigenvalue weighted by molar-refractivity contribution is 5.80. The number of hydrogen-bond donors (Lipinski definition) is 1. The van der Waals surface area contributed by atoms with Crippen LogP contribution in [0.15, 0.2) is 42.5 Å². The first-order chi connectivity index (χ1) is 14.4. The zero-order valence-corrected chi connectivity index (χ0v) is 16.7. The van der Waals surface area contributed by atoms with E-state index in [1.165, 1.54) is 6.07 Å². The zero-order chi connectivity index (χ0) is 21.3. The molecule has 2 heterocycles. The summed E-state index contributed by atoms with van der Waals surface area (Å²) in [6.45, 7) is 0.722. The molecule has 1 aliphatic heterocycles. The largest absolute Gasteiger partial charge is 0.496 e. The number of rotatable bonds is 4. The van der Waals surface area contributed by atoms with Crippen molar-refractivity contribution in [3.63, 3.8) is 0 Å². The quantitative estimate of drug-likeness (QED) is 0.624. The average molecular weight is 417 g/mol. The Labute approximate surface area is 172 Å². The second-order valence-corrected chi connectivity index (χ2v) is 7.06. The highest BCUT2D eigenvalue weighted by Gasteiger charge is 2.31. The van der Waals surface area contributed by atoms with Crippen LogP contribution in [-0.2, 0) is 12.6 Å². The van der Waals surface area contributed by atoms with Crippen LogP contribution in [0.4, 0.5) is 19.0 Å². The highest BCUT2D eigenvalue weighted by Crippen LogP contribution is 2.43. The summed E-state index contributed by atoms with van der Waals surface area (Å²) in [7, 11) is 3.14. The second kappa shape index (κ2) is 7.93. The molecule has 0 spiro atoms. The van der Waals surface area contributed by atoms with Gasteiger partial charge in [-0.05, 0) is 49.6 Å². The van der Waals surface area contributed by atoms with Crippen LogP contribution in [0.5, 0.6) is 11.5 Å². The Morgan fingerprint density at radius 1 is 1.00 bits per heavy atom. The van der Waals surface area contributed by atoms with Crippen molar-refractivity contribution in [3.8, 4) is 28.4 Å². The molecule has 30 heavy (non-hydrogen) atoms. The van der Waals surface area contributed by atoms with Crippen molar-refractivity contribution >= 4 is 5.82 Å². The van der Waals surface area contributed by atoms with Gasteiger partial charge >= 0.3 is 6.18 Å². The molecule has 1 aliphatic rings. The van der Waals surface area contributed by atoms with E-state index in [4.69, 9.17) is 14.6 Å². The van der Waals surface area contributed by atoms with E-state index in [1.807, 2.05) is 18.2 Å². The van der Waals surface area contributed by atoms with Crippen LogP contribution in [0.25, 0.3) is 16.9 Å². The number of hydrogen-bond acceptors (Lipinski definition) is 4. The minimum Gasteiger partial charge on any atom is -0.496 e. The molecule has 158 valence electrons. The first kappa shape index (κ1) is 20.1. The van der Waals surface area contributed by atoms with Gasteiger partial charge in [-0.3, -0.25) is 0 Å². The normalized spacial score (nSPS) is 13.9. The van der Waals surface area contributed by atoms with E-state index >= 15 is 0 Å². The molecule has 0 aliphatic carbocycles. The number of aromatic nitrogens is 2. The summed E-state index contributed by atoms with van der Waals surface area (Å²) < 4.78 is 52.5. The third kappa shape index (κ3) is 3.58. The van der Waals surface area contributed by atoms with Crippen molar-refractivity contribution in [3.05, 3.63) is 53.6 Å². The van der Waals surface area contributed by atoms with E-state index in [2.05, 4.69) is 5.32 Å². The average Bonchev–Trinajstić information content (AvgIpc) is 2.92. The lowest BCUT2D eigenvalue weighted by atomic mass is 10.0. The molecule has 0 fully saturated rings. The Balaban J connectivity index is 1.96. The van der Waals surface area contributed by atoms with Gasteiger partial charge in [-0.2, -0.15) is 18.3 Å². The predicted octanol–water partition coefficient (Wildman–Crippen LogP) is 5.32. The molecule has 4 rings (SSSR count). The Kier molecular flexibility index (Phi) is 5.32. The van der Waals surface area contributed by atoms with Gasteiger partial charge in [0.25, 0.3) is 0 Å². The summed E-state index contributed by atoms with van der Waals surface area (Å²) in [5.74, 6) is 1.89. The van der Waals surface area contributed by atoms with Gasteiger partial charge in [0.15, 0.2) is 0 Å². The maximum absolute atomic E-state index is 13.3. The third-order valence-corrected chi connectivity index (χ3v) is 5.21. The van der Waals surface area contributed by atoms with Crippen LogP contribution in [0.1, 0.15) is 24.0 Å². The van der Waals surface area contributed by atoms with E-state index in [9.17, 15) is 13.2 Å². The molecule has 0 saturated carbocycles. The number of ether oxygens (including phenoxy) is 2. The van der Waals surface area contributed by atoms with Gasteiger partial charge in [0.1, 0.15) is 23.0 Å². The molecule has 2 aromatic carbocycles. The Morgan fingerprint density at radius 2 is 1.70 bits per heavy atom. The van der Waals surface area contributed by atoms with Crippen molar-refractivity contribution in [1.29, 1.82) is 0 Å². The monoisotopic (exact) mass is 417 g/mol. The van der Waals surface area contributed by atoms with Crippen molar-refractivity contribution in [2.45, 2.75) is 25.4 Å². The summed E-state index contributed by atoms with van der Waals surface area (Å²) >= 11 is 0. The number of nitrogens with one attached hydrogen (secondary N) is 1. The van der Waals surface area contributed by atoms with Crippen LogP contribution in [0.3, 0.4) is 0 Å². The van der Waals surface area contributed by atoms with Crippen molar-refractivity contribution in [1.82, 2.24) is 9.78 Å². The van der Waals surface area contributed by atoms with Gasteiger partial charge in [-0.1, -0.05) is 12.1 Å². The number of benzene rings is 2. The maximum Gasteiger partial charge on any atom is 0.416 e. The first-order valence-electron chi connectivity index (χ1n) is 9.69. The number of nitrogens with zero attached hydrogens (tertiary/aromatic N) is 2. The molecule has 8 heteroatoms. The van der Waals surface area contributed by atoms with Crippen LogP contribution < -0.4 is 14.8 Å². The van der Waals surface area contributed by atoms with Crippen LogP contribution >= 0.6 is 0 Å². The lowest BCUT2D eigenvalue weighted by Crippen LogP contribution is -2.09. The molecule has 0 unspecified atom stereocenters. The molecule has 3 aromatic rings.